The first kappa shape index (κ1) is 15.7. The van der Waals surface area contributed by atoms with Gasteiger partial charge < -0.3 is 15.2 Å². The molecule has 0 radical (unpaired) electrons. The molecule has 0 aliphatic carbocycles. The third kappa shape index (κ3) is 3.89. The fourth-order valence-electron chi connectivity index (χ4n) is 1.70. The predicted molar refractivity (Wildman–Crippen MR) is 86.0 cm³/mol. The minimum atomic E-state index is -0.529. The number of rotatable bonds is 4. The average molecular weight is 371 g/mol. The molecule has 0 amide bonds. The highest BCUT2D eigenvalue weighted by Gasteiger charge is 2.19. The van der Waals surface area contributed by atoms with Crippen LogP contribution in [0.2, 0.25) is 5.02 Å². The van der Waals surface area contributed by atoms with E-state index >= 15 is 0 Å². The van der Waals surface area contributed by atoms with E-state index in [0.29, 0.717) is 11.4 Å². The van der Waals surface area contributed by atoms with Crippen LogP contribution in [0, 0.1) is 0 Å². The summed E-state index contributed by atoms with van der Waals surface area (Å²) in [6.07, 6.45) is 0. The predicted octanol–water partition coefficient (Wildman–Crippen LogP) is 4.65. The molecule has 6 heteroatoms. The number of halogens is 2. The molecular weight excluding hydrogens is 358 g/mol. The van der Waals surface area contributed by atoms with E-state index in [1.165, 1.54) is 12.1 Å². The molecule has 0 aliphatic heterocycles. The minimum absolute atomic E-state index is 0.199. The van der Waals surface area contributed by atoms with Crippen LogP contribution in [0.1, 0.15) is 17.3 Å². The van der Waals surface area contributed by atoms with Crippen LogP contribution in [0.3, 0.4) is 0 Å². The van der Waals surface area contributed by atoms with Gasteiger partial charge >= 0.3 is 5.97 Å². The number of carbonyl (C=O) groups excluding carboxylic acids is 1. The first-order valence-electron chi connectivity index (χ1n) is 6.20. The summed E-state index contributed by atoms with van der Waals surface area (Å²) in [5.41, 5.74) is 6.29. The number of anilines is 1. The summed E-state index contributed by atoms with van der Waals surface area (Å²) in [6.45, 7) is 1.98. The molecule has 0 heterocycles. The van der Waals surface area contributed by atoms with Crippen LogP contribution in [-0.2, 0) is 4.74 Å². The van der Waals surface area contributed by atoms with Crippen LogP contribution in [0.15, 0.2) is 40.9 Å². The molecule has 2 rings (SSSR count). The summed E-state index contributed by atoms with van der Waals surface area (Å²) in [5, 5.41) is 0.251. The second kappa shape index (κ2) is 6.83. The van der Waals surface area contributed by atoms with E-state index in [1.54, 1.807) is 19.1 Å². The van der Waals surface area contributed by atoms with Crippen LogP contribution >= 0.6 is 27.5 Å². The average Bonchev–Trinajstić information content (AvgIpc) is 2.44. The molecule has 2 N–H and O–H groups in total. The Bertz CT molecular complexity index is 659. The molecule has 0 bridgehead atoms. The normalized spacial score (nSPS) is 10.2. The molecule has 21 heavy (non-hydrogen) atoms. The van der Waals surface area contributed by atoms with Gasteiger partial charge in [-0.15, -0.1) is 0 Å². The molecule has 110 valence electrons. The lowest BCUT2D eigenvalue weighted by Crippen LogP contribution is -2.07. The number of benzene rings is 2. The number of nitrogen functional groups attached to an aromatic ring is 1. The van der Waals surface area contributed by atoms with E-state index in [-0.39, 0.29) is 22.9 Å². The second-order valence-electron chi connectivity index (χ2n) is 4.16. The van der Waals surface area contributed by atoms with Gasteiger partial charge in [-0.3, -0.25) is 0 Å². The molecule has 2 aromatic carbocycles. The van der Waals surface area contributed by atoms with Crippen molar-refractivity contribution < 1.29 is 14.3 Å². The van der Waals surface area contributed by atoms with Crippen molar-refractivity contribution in [2.24, 2.45) is 0 Å². The molecule has 0 aliphatic rings. The molecule has 0 fully saturated rings. The van der Waals surface area contributed by atoms with Crippen molar-refractivity contribution in [2.75, 3.05) is 12.3 Å². The van der Waals surface area contributed by atoms with Gasteiger partial charge in [-0.05, 0) is 43.3 Å². The largest absolute Gasteiger partial charge is 0.462 e. The monoisotopic (exact) mass is 369 g/mol. The van der Waals surface area contributed by atoms with Gasteiger partial charge in [-0.1, -0.05) is 27.5 Å². The number of ether oxygens (including phenoxy) is 2. The van der Waals surface area contributed by atoms with Crippen LogP contribution < -0.4 is 10.5 Å². The third-order valence-electron chi connectivity index (χ3n) is 2.59. The molecule has 0 unspecified atom stereocenters. The van der Waals surface area contributed by atoms with E-state index in [2.05, 4.69) is 15.9 Å². The Morgan fingerprint density at radius 2 is 1.95 bits per heavy atom. The van der Waals surface area contributed by atoms with Crippen LogP contribution in [0.4, 0.5) is 5.69 Å². The molecule has 2 aromatic rings. The van der Waals surface area contributed by atoms with E-state index < -0.39 is 5.97 Å². The molecule has 0 saturated carbocycles. The zero-order chi connectivity index (χ0) is 15.4. The van der Waals surface area contributed by atoms with Gasteiger partial charge in [-0.2, -0.15) is 0 Å². The fraction of sp³-hybridized carbons (Fsp3) is 0.133. The number of esters is 1. The maximum Gasteiger partial charge on any atom is 0.342 e. The molecular formula is C15H13BrClNO3. The van der Waals surface area contributed by atoms with E-state index in [4.69, 9.17) is 26.8 Å². The Morgan fingerprint density at radius 3 is 2.57 bits per heavy atom. The molecule has 0 spiro atoms. The van der Waals surface area contributed by atoms with Gasteiger partial charge in [0.15, 0.2) is 5.75 Å². The molecule has 0 aromatic heterocycles. The first-order chi connectivity index (χ1) is 10.0. The van der Waals surface area contributed by atoms with Gasteiger partial charge in [-0.25, -0.2) is 4.79 Å². The molecule has 0 saturated heterocycles. The van der Waals surface area contributed by atoms with Crippen molar-refractivity contribution in [1.82, 2.24) is 0 Å². The summed E-state index contributed by atoms with van der Waals surface area (Å²) in [6, 6.07) is 10.2. The van der Waals surface area contributed by atoms with Gasteiger partial charge in [0.05, 0.1) is 11.6 Å². The van der Waals surface area contributed by atoms with E-state index in [9.17, 15) is 4.79 Å². The fourth-order valence-corrected chi connectivity index (χ4v) is 2.23. The molecule has 0 atom stereocenters. The van der Waals surface area contributed by atoms with E-state index in [1.807, 2.05) is 12.1 Å². The van der Waals surface area contributed by atoms with Gasteiger partial charge in [0.1, 0.15) is 11.3 Å². The zero-order valence-corrected chi connectivity index (χ0v) is 13.6. The Kier molecular flexibility index (Phi) is 5.09. The SMILES string of the molecule is CCOC(=O)c1cc(N)cc(Cl)c1Oc1ccc(Br)cc1. The Balaban J connectivity index is 2.41. The summed E-state index contributed by atoms with van der Waals surface area (Å²) < 4.78 is 11.6. The van der Waals surface area contributed by atoms with Crippen molar-refractivity contribution >= 4 is 39.2 Å². The second-order valence-corrected chi connectivity index (χ2v) is 5.48. The third-order valence-corrected chi connectivity index (χ3v) is 3.40. The van der Waals surface area contributed by atoms with Crippen molar-refractivity contribution in [3.63, 3.8) is 0 Å². The minimum Gasteiger partial charge on any atom is -0.462 e. The van der Waals surface area contributed by atoms with Crippen molar-refractivity contribution in [2.45, 2.75) is 6.92 Å². The quantitative estimate of drug-likeness (QED) is 0.628. The van der Waals surface area contributed by atoms with Crippen LogP contribution in [0.5, 0.6) is 11.5 Å². The lowest BCUT2D eigenvalue weighted by atomic mass is 10.1. The smallest absolute Gasteiger partial charge is 0.342 e. The van der Waals surface area contributed by atoms with E-state index in [0.717, 1.165) is 4.47 Å². The zero-order valence-electron chi connectivity index (χ0n) is 11.2. The number of nitrogens with two attached hydrogens (primary N) is 1. The van der Waals surface area contributed by atoms with Gasteiger partial charge in [0.25, 0.3) is 0 Å². The van der Waals surface area contributed by atoms with Gasteiger partial charge in [0.2, 0.25) is 0 Å². The number of hydrogen-bond acceptors (Lipinski definition) is 4. The van der Waals surface area contributed by atoms with Crippen molar-refractivity contribution in [3.05, 3.63) is 51.5 Å². The standard InChI is InChI=1S/C15H13BrClNO3/c1-2-20-15(19)12-7-10(18)8-13(17)14(12)21-11-5-3-9(16)4-6-11/h3-8H,2,18H2,1H3. The maximum absolute atomic E-state index is 12.0. The first-order valence-corrected chi connectivity index (χ1v) is 7.38. The Labute approximate surface area is 135 Å². The lowest BCUT2D eigenvalue weighted by molar-refractivity contribution is 0.0523. The molecule has 4 nitrogen and oxygen atoms in total. The lowest BCUT2D eigenvalue weighted by Gasteiger charge is -2.13. The highest BCUT2D eigenvalue weighted by molar-refractivity contribution is 9.10. The van der Waals surface area contributed by atoms with Crippen molar-refractivity contribution in [3.8, 4) is 11.5 Å². The highest BCUT2D eigenvalue weighted by atomic mass is 79.9. The van der Waals surface area contributed by atoms with Crippen molar-refractivity contribution in [1.29, 1.82) is 0 Å². The maximum atomic E-state index is 12.0. The number of hydrogen-bond donors (Lipinski definition) is 1. The topological polar surface area (TPSA) is 61.5 Å². The Morgan fingerprint density at radius 1 is 1.29 bits per heavy atom. The Hall–Kier alpha value is -1.72. The highest BCUT2D eigenvalue weighted by Crippen LogP contribution is 2.35. The number of carbonyl (C=O) groups is 1. The van der Waals surface area contributed by atoms with Crippen LogP contribution in [-0.4, -0.2) is 12.6 Å². The summed E-state index contributed by atoms with van der Waals surface area (Å²) in [7, 11) is 0. The summed E-state index contributed by atoms with van der Waals surface area (Å²) in [4.78, 5) is 12.0. The van der Waals surface area contributed by atoms with Crippen LogP contribution in [0.25, 0.3) is 0 Å². The summed E-state index contributed by atoms with van der Waals surface area (Å²) >= 11 is 9.48. The van der Waals surface area contributed by atoms with Gasteiger partial charge in [0, 0.05) is 10.2 Å². The summed E-state index contributed by atoms with van der Waals surface area (Å²) in [5.74, 6) is 0.251.